The van der Waals surface area contributed by atoms with Gasteiger partial charge in [0.05, 0.1) is 18.9 Å². The van der Waals surface area contributed by atoms with Gasteiger partial charge >= 0.3 is 0 Å². The van der Waals surface area contributed by atoms with Crippen molar-refractivity contribution in [2.45, 2.75) is 44.9 Å². The first kappa shape index (κ1) is 10.4. The second kappa shape index (κ2) is 3.34. The van der Waals surface area contributed by atoms with Crippen LogP contribution >= 0.6 is 0 Å². The van der Waals surface area contributed by atoms with Crippen LogP contribution in [0.5, 0.6) is 0 Å². The van der Waals surface area contributed by atoms with Crippen molar-refractivity contribution < 1.29 is 9.15 Å². The van der Waals surface area contributed by atoms with Crippen molar-refractivity contribution >= 4 is 0 Å². The second-order valence-electron chi connectivity index (χ2n) is 5.86. The minimum Gasteiger partial charge on any atom is -0.468 e. The van der Waals surface area contributed by atoms with E-state index in [1.165, 1.54) is 0 Å². The fourth-order valence-electron chi connectivity index (χ4n) is 3.20. The highest BCUT2D eigenvalue weighted by molar-refractivity contribution is 5.10. The van der Waals surface area contributed by atoms with Crippen LogP contribution in [0.1, 0.15) is 44.9 Å². The highest BCUT2D eigenvalue weighted by atomic mass is 16.5. The molecule has 1 unspecified atom stereocenters. The zero-order valence-corrected chi connectivity index (χ0v) is 9.95. The highest BCUT2D eigenvalue weighted by Crippen LogP contribution is 2.51. The molecule has 1 atom stereocenters. The molecule has 1 aliphatic heterocycles. The Labute approximate surface area is 96.2 Å². The Morgan fingerprint density at radius 3 is 2.81 bits per heavy atom. The molecule has 1 aliphatic carbocycles. The van der Waals surface area contributed by atoms with E-state index in [0.29, 0.717) is 11.5 Å². The van der Waals surface area contributed by atoms with E-state index in [0.717, 1.165) is 31.6 Å². The van der Waals surface area contributed by atoms with Crippen LogP contribution in [0.2, 0.25) is 0 Å². The molecule has 0 radical (unpaired) electrons. The molecule has 16 heavy (non-hydrogen) atoms. The molecule has 1 saturated carbocycles. The molecule has 0 aromatic carbocycles. The third-order valence-electron chi connectivity index (χ3n) is 3.64. The molecule has 88 valence electrons. The van der Waals surface area contributed by atoms with Crippen molar-refractivity contribution in [3.63, 3.8) is 0 Å². The van der Waals surface area contributed by atoms with Gasteiger partial charge in [-0.15, -0.1) is 0 Å². The Bertz CT molecular complexity index is 361. The summed E-state index contributed by atoms with van der Waals surface area (Å²) in [6, 6.07) is 4.31. The lowest BCUT2D eigenvalue weighted by Crippen LogP contribution is -2.63. The van der Waals surface area contributed by atoms with Crippen LogP contribution in [-0.4, -0.2) is 12.3 Å². The van der Waals surface area contributed by atoms with Gasteiger partial charge in [0, 0.05) is 0 Å². The van der Waals surface area contributed by atoms with Gasteiger partial charge in [-0.2, -0.15) is 0 Å². The predicted molar refractivity (Wildman–Crippen MR) is 60.9 cm³/mol. The predicted octanol–water partition coefficient (Wildman–Crippen LogP) is 2.85. The standard InChI is InChI=1S/C13H19NO2/c1-12(2)8-13(9-12)14-10(5-7-16-13)11-4-3-6-15-11/h3-4,6,10,14H,5,7-9H2,1-2H3. The quantitative estimate of drug-likeness (QED) is 0.791. The number of rotatable bonds is 1. The summed E-state index contributed by atoms with van der Waals surface area (Å²) < 4.78 is 11.4. The van der Waals surface area contributed by atoms with Gasteiger partial charge in [-0.25, -0.2) is 0 Å². The zero-order chi connectivity index (χ0) is 11.2. The SMILES string of the molecule is CC1(C)CC2(C1)NC(c1ccco1)CCO2. The van der Waals surface area contributed by atoms with Crippen molar-refractivity contribution in [1.82, 2.24) is 5.32 Å². The monoisotopic (exact) mass is 221 g/mol. The van der Waals surface area contributed by atoms with Crippen molar-refractivity contribution in [2.24, 2.45) is 5.41 Å². The van der Waals surface area contributed by atoms with Gasteiger partial charge < -0.3 is 9.15 Å². The van der Waals surface area contributed by atoms with Gasteiger partial charge in [-0.1, -0.05) is 13.8 Å². The summed E-state index contributed by atoms with van der Waals surface area (Å²) in [5.74, 6) is 1.03. The first-order chi connectivity index (χ1) is 7.59. The van der Waals surface area contributed by atoms with Crippen LogP contribution in [0.15, 0.2) is 22.8 Å². The molecule has 1 saturated heterocycles. The first-order valence-corrected chi connectivity index (χ1v) is 6.04. The highest BCUT2D eigenvalue weighted by Gasteiger charge is 2.52. The van der Waals surface area contributed by atoms with Crippen LogP contribution in [0.25, 0.3) is 0 Å². The largest absolute Gasteiger partial charge is 0.468 e. The summed E-state index contributed by atoms with van der Waals surface area (Å²) in [7, 11) is 0. The fourth-order valence-corrected chi connectivity index (χ4v) is 3.20. The molecule has 1 aromatic rings. The van der Waals surface area contributed by atoms with E-state index in [1.54, 1.807) is 6.26 Å². The Balaban J connectivity index is 1.72. The van der Waals surface area contributed by atoms with E-state index in [9.17, 15) is 0 Å². The summed E-state index contributed by atoms with van der Waals surface area (Å²) in [4.78, 5) is 0. The molecule has 0 bridgehead atoms. The summed E-state index contributed by atoms with van der Waals surface area (Å²) in [5, 5.41) is 3.61. The molecular weight excluding hydrogens is 202 g/mol. The van der Waals surface area contributed by atoms with Gasteiger partial charge in [0.1, 0.15) is 11.5 Å². The summed E-state index contributed by atoms with van der Waals surface area (Å²) >= 11 is 0. The fraction of sp³-hybridized carbons (Fsp3) is 0.692. The second-order valence-corrected chi connectivity index (χ2v) is 5.86. The maximum absolute atomic E-state index is 5.91. The minimum atomic E-state index is -0.0841. The lowest BCUT2D eigenvalue weighted by Gasteiger charge is -2.56. The molecule has 3 nitrogen and oxygen atoms in total. The van der Waals surface area contributed by atoms with Gasteiger partial charge in [-0.05, 0) is 36.8 Å². The molecule has 3 heteroatoms. The van der Waals surface area contributed by atoms with Crippen LogP contribution in [0, 0.1) is 5.41 Å². The lowest BCUT2D eigenvalue weighted by molar-refractivity contribution is -0.206. The van der Waals surface area contributed by atoms with Crippen LogP contribution in [0.4, 0.5) is 0 Å². The van der Waals surface area contributed by atoms with Crippen molar-refractivity contribution in [1.29, 1.82) is 0 Å². The van der Waals surface area contributed by atoms with E-state index in [2.05, 4.69) is 19.2 Å². The number of nitrogens with one attached hydrogen (secondary N) is 1. The topological polar surface area (TPSA) is 34.4 Å². The molecular formula is C13H19NO2. The zero-order valence-electron chi connectivity index (χ0n) is 9.95. The van der Waals surface area contributed by atoms with Crippen molar-refractivity contribution in [2.75, 3.05) is 6.61 Å². The smallest absolute Gasteiger partial charge is 0.120 e. The van der Waals surface area contributed by atoms with Gasteiger partial charge in [0.2, 0.25) is 0 Å². The Morgan fingerprint density at radius 2 is 2.19 bits per heavy atom. The summed E-state index contributed by atoms with van der Waals surface area (Å²) in [5.41, 5.74) is 0.331. The average molecular weight is 221 g/mol. The molecule has 2 aliphatic rings. The number of ether oxygens (including phenoxy) is 1. The van der Waals surface area contributed by atoms with Crippen molar-refractivity contribution in [3.05, 3.63) is 24.2 Å². The third-order valence-corrected chi connectivity index (χ3v) is 3.64. The Hall–Kier alpha value is -0.800. The van der Waals surface area contributed by atoms with Crippen molar-refractivity contribution in [3.8, 4) is 0 Å². The van der Waals surface area contributed by atoms with E-state index >= 15 is 0 Å². The van der Waals surface area contributed by atoms with Gasteiger partial charge in [-0.3, -0.25) is 5.32 Å². The third kappa shape index (κ3) is 1.68. The van der Waals surface area contributed by atoms with E-state index in [-0.39, 0.29) is 5.72 Å². The van der Waals surface area contributed by atoms with E-state index < -0.39 is 0 Å². The van der Waals surface area contributed by atoms with E-state index in [4.69, 9.17) is 9.15 Å². The minimum absolute atomic E-state index is 0.0841. The van der Waals surface area contributed by atoms with Crippen LogP contribution in [-0.2, 0) is 4.74 Å². The molecule has 0 amide bonds. The maximum Gasteiger partial charge on any atom is 0.120 e. The Morgan fingerprint density at radius 1 is 1.38 bits per heavy atom. The summed E-state index contributed by atoms with van der Waals surface area (Å²) in [6.07, 6.45) is 4.92. The lowest BCUT2D eigenvalue weighted by atomic mass is 9.65. The Kier molecular flexibility index (Phi) is 2.17. The molecule has 2 fully saturated rings. The molecule has 1 aromatic heterocycles. The average Bonchev–Trinajstić information content (AvgIpc) is 2.67. The molecule has 3 rings (SSSR count). The summed E-state index contributed by atoms with van der Waals surface area (Å²) in [6.45, 7) is 5.41. The number of furan rings is 1. The number of hydrogen-bond acceptors (Lipinski definition) is 3. The van der Waals surface area contributed by atoms with Crippen LogP contribution in [0.3, 0.4) is 0 Å². The number of hydrogen-bond donors (Lipinski definition) is 1. The molecule has 1 N–H and O–H groups in total. The van der Waals surface area contributed by atoms with Gasteiger partial charge in [0.15, 0.2) is 0 Å². The van der Waals surface area contributed by atoms with E-state index in [1.807, 2.05) is 12.1 Å². The molecule has 2 heterocycles. The first-order valence-electron chi connectivity index (χ1n) is 6.04. The van der Waals surface area contributed by atoms with Crippen LogP contribution < -0.4 is 5.32 Å². The van der Waals surface area contributed by atoms with Gasteiger partial charge in [0.25, 0.3) is 0 Å². The normalized spacial score (nSPS) is 31.2. The molecule has 1 spiro atoms. The maximum atomic E-state index is 5.91.